The molecule has 172 valence electrons. The number of ether oxygens (including phenoxy) is 1. The van der Waals surface area contributed by atoms with Crippen LogP contribution < -0.4 is 15.4 Å². The molecule has 4 aromatic rings. The van der Waals surface area contributed by atoms with Crippen molar-refractivity contribution in [1.82, 2.24) is 25.1 Å². The lowest BCUT2D eigenvalue weighted by Crippen LogP contribution is -2.28. The number of hydrogen-bond donors (Lipinski definition) is 2. The molecule has 0 radical (unpaired) electrons. The normalized spacial score (nSPS) is 11.3. The molecule has 0 saturated heterocycles. The van der Waals surface area contributed by atoms with Crippen LogP contribution in [-0.2, 0) is 6.54 Å². The van der Waals surface area contributed by atoms with Crippen LogP contribution in [0.1, 0.15) is 31.1 Å². The topological polar surface area (TPSA) is 94.0 Å². The molecule has 2 aromatic heterocycles. The quantitative estimate of drug-likeness (QED) is 0.281. The summed E-state index contributed by atoms with van der Waals surface area (Å²) in [6.45, 7) is 7.41. The van der Waals surface area contributed by atoms with Gasteiger partial charge in [0.05, 0.1) is 30.3 Å². The molecule has 2 aromatic carbocycles. The summed E-state index contributed by atoms with van der Waals surface area (Å²) in [5.41, 5.74) is 1.29. The summed E-state index contributed by atoms with van der Waals surface area (Å²) in [5, 5.41) is 14.3. The van der Waals surface area contributed by atoms with E-state index < -0.39 is 0 Å². The molecular formula is C24H28N6O2S. The highest BCUT2D eigenvalue weighted by molar-refractivity contribution is 7.98. The zero-order chi connectivity index (χ0) is 23.4. The molecule has 0 aliphatic carbocycles. The fourth-order valence-electron chi connectivity index (χ4n) is 3.70. The second-order valence-electron chi connectivity index (χ2n) is 7.81. The van der Waals surface area contributed by atoms with Crippen LogP contribution in [0.3, 0.4) is 0 Å². The van der Waals surface area contributed by atoms with E-state index in [0.29, 0.717) is 36.2 Å². The van der Waals surface area contributed by atoms with Crippen molar-refractivity contribution in [1.29, 1.82) is 0 Å². The third-order valence-corrected chi connectivity index (χ3v) is 5.66. The first kappa shape index (κ1) is 22.8. The number of aromatic nitrogens is 4. The van der Waals surface area contributed by atoms with Gasteiger partial charge in [-0.05, 0) is 43.9 Å². The van der Waals surface area contributed by atoms with Gasteiger partial charge in [-0.1, -0.05) is 42.1 Å². The molecule has 2 N–H and O–H groups in total. The Morgan fingerprint density at radius 1 is 1.15 bits per heavy atom. The summed E-state index contributed by atoms with van der Waals surface area (Å²) < 4.78 is 7.54. The van der Waals surface area contributed by atoms with E-state index in [1.807, 2.05) is 49.6 Å². The zero-order valence-corrected chi connectivity index (χ0v) is 20.1. The molecule has 4 rings (SSSR count). The molecule has 0 aliphatic rings. The summed E-state index contributed by atoms with van der Waals surface area (Å²) >= 11 is 1.48. The molecule has 0 unspecified atom stereocenters. The number of carbonyl (C=O) groups is 1. The van der Waals surface area contributed by atoms with Crippen LogP contribution >= 0.6 is 11.8 Å². The van der Waals surface area contributed by atoms with E-state index in [0.717, 1.165) is 27.6 Å². The Morgan fingerprint density at radius 2 is 1.97 bits per heavy atom. The van der Waals surface area contributed by atoms with Crippen molar-refractivity contribution in [2.45, 2.75) is 38.5 Å². The smallest absolute Gasteiger partial charge is 0.255 e. The van der Waals surface area contributed by atoms with Crippen LogP contribution in [0, 0.1) is 0 Å². The van der Waals surface area contributed by atoms with Gasteiger partial charge < -0.3 is 15.4 Å². The first-order valence-electron chi connectivity index (χ1n) is 11.0. The molecule has 0 saturated carbocycles. The minimum atomic E-state index is -0.173. The Bertz CT molecular complexity index is 1290. The van der Waals surface area contributed by atoms with E-state index >= 15 is 0 Å². The van der Waals surface area contributed by atoms with Crippen molar-refractivity contribution in [3.05, 3.63) is 48.2 Å². The van der Waals surface area contributed by atoms with Crippen molar-refractivity contribution in [3.63, 3.8) is 0 Å². The number of benzene rings is 2. The predicted octanol–water partition coefficient (Wildman–Crippen LogP) is 4.35. The SMILES string of the molecule is CCOc1ccc2ccccc2c1C(=O)NCCn1ncc2c(NC(C)C)nc(SC)nc21. The van der Waals surface area contributed by atoms with Crippen molar-refractivity contribution in [2.24, 2.45) is 0 Å². The van der Waals surface area contributed by atoms with Gasteiger partial charge in [0, 0.05) is 12.6 Å². The highest BCUT2D eigenvalue weighted by Gasteiger charge is 2.17. The Labute approximate surface area is 197 Å². The molecule has 0 bridgehead atoms. The first-order chi connectivity index (χ1) is 16.0. The maximum absolute atomic E-state index is 13.2. The third-order valence-electron chi connectivity index (χ3n) is 5.11. The van der Waals surface area contributed by atoms with E-state index in [1.165, 1.54) is 11.8 Å². The fraction of sp³-hybridized carbons (Fsp3) is 0.333. The lowest BCUT2D eigenvalue weighted by Gasteiger charge is -2.14. The second kappa shape index (κ2) is 10.1. The Morgan fingerprint density at radius 3 is 2.73 bits per heavy atom. The van der Waals surface area contributed by atoms with E-state index in [9.17, 15) is 4.79 Å². The maximum atomic E-state index is 13.2. The molecule has 0 spiro atoms. The second-order valence-corrected chi connectivity index (χ2v) is 8.59. The molecule has 8 nitrogen and oxygen atoms in total. The van der Waals surface area contributed by atoms with Crippen LogP contribution in [0.15, 0.2) is 47.8 Å². The summed E-state index contributed by atoms with van der Waals surface area (Å²) in [6.07, 6.45) is 3.71. The highest BCUT2D eigenvalue weighted by atomic mass is 32.2. The van der Waals surface area contributed by atoms with Crippen molar-refractivity contribution in [2.75, 3.05) is 24.7 Å². The lowest BCUT2D eigenvalue weighted by molar-refractivity contribution is 0.0950. The predicted molar refractivity (Wildman–Crippen MR) is 133 cm³/mol. The van der Waals surface area contributed by atoms with E-state index in [2.05, 4.69) is 39.5 Å². The van der Waals surface area contributed by atoms with Crippen molar-refractivity contribution >= 4 is 45.3 Å². The molecule has 0 atom stereocenters. The van der Waals surface area contributed by atoms with Crippen molar-refractivity contribution in [3.8, 4) is 5.75 Å². The van der Waals surface area contributed by atoms with Gasteiger partial charge in [-0.25, -0.2) is 14.6 Å². The van der Waals surface area contributed by atoms with Gasteiger partial charge in [0.25, 0.3) is 5.91 Å². The average molecular weight is 465 g/mol. The molecule has 33 heavy (non-hydrogen) atoms. The number of anilines is 1. The standard InChI is InChI=1S/C24H28N6O2S/c1-5-32-19-11-10-16-8-6-7-9-17(16)20(19)23(31)25-12-13-30-22-18(14-26-30)21(27-15(2)3)28-24(29-22)33-4/h6-11,14-15H,5,12-13H2,1-4H3,(H,25,31)(H,27,28,29). The Kier molecular flexibility index (Phi) is 6.98. The number of amides is 1. The average Bonchev–Trinajstić information content (AvgIpc) is 3.21. The molecule has 2 heterocycles. The number of hydrogen-bond acceptors (Lipinski definition) is 7. The summed E-state index contributed by atoms with van der Waals surface area (Å²) in [4.78, 5) is 22.4. The first-order valence-corrected chi connectivity index (χ1v) is 12.2. The molecule has 9 heteroatoms. The van der Waals surface area contributed by atoms with E-state index in [1.54, 1.807) is 10.9 Å². The molecular weight excluding hydrogens is 436 g/mol. The third kappa shape index (κ3) is 4.88. The summed E-state index contributed by atoms with van der Waals surface area (Å²) in [7, 11) is 0. The molecule has 0 fully saturated rings. The largest absolute Gasteiger partial charge is 0.493 e. The van der Waals surface area contributed by atoms with Gasteiger partial charge in [-0.15, -0.1) is 0 Å². The van der Waals surface area contributed by atoms with Crippen LogP contribution in [0.4, 0.5) is 5.82 Å². The van der Waals surface area contributed by atoms with Crippen LogP contribution in [0.25, 0.3) is 21.8 Å². The van der Waals surface area contributed by atoms with Crippen LogP contribution in [0.2, 0.25) is 0 Å². The number of nitrogens with zero attached hydrogens (tertiary/aromatic N) is 4. The van der Waals surface area contributed by atoms with Crippen LogP contribution in [-0.4, -0.2) is 51.1 Å². The Balaban J connectivity index is 1.56. The minimum Gasteiger partial charge on any atom is -0.493 e. The summed E-state index contributed by atoms with van der Waals surface area (Å²) in [6, 6.07) is 11.9. The molecule has 0 aliphatic heterocycles. The maximum Gasteiger partial charge on any atom is 0.255 e. The highest BCUT2D eigenvalue weighted by Crippen LogP contribution is 2.28. The van der Waals surface area contributed by atoms with Gasteiger partial charge in [-0.2, -0.15) is 5.10 Å². The van der Waals surface area contributed by atoms with Gasteiger partial charge in [0.1, 0.15) is 11.6 Å². The van der Waals surface area contributed by atoms with E-state index in [-0.39, 0.29) is 11.9 Å². The zero-order valence-electron chi connectivity index (χ0n) is 19.3. The van der Waals surface area contributed by atoms with Crippen LogP contribution in [0.5, 0.6) is 5.75 Å². The van der Waals surface area contributed by atoms with E-state index in [4.69, 9.17) is 4.74 Å². The van der Waals surface area contributed by atoms with Gasteiger partial charge in [-0.3, -0.25) is 4.79 Å². The monoisotopic (exact) mass is 464 g/mol. The number of thioether (sulfide) groups is 1. The Hall–Kier alpha value is -3.33. The molecule has 1 amide bonds. The minimum absolute atomic E-state index is 0.173. The van der Waals surface area contributed by atoms with Crippen molar-refractivity contribution < 1.29 is 9.53 Å². The lowest BCUT2D eigenvalue weighted by atomic mass is 10.0. The number of nitrogens with one attached hydrogen (secondary N) is 2. The number of rotatable bonds is 9. The number of carbonyl (C=O) groups excluding carboxylic acids is 1. The number of fused-ring (bicyclic) bond motifs is 2. The van der Waals surface area contributed by atoms with Gasteiger partial charge >= 0.3 is 0 Å². The fourth-order valence-corrected chi connectivity index (χ4v) is 4.06. The van der Waals surface area contributed by atoms with Gasteiger partial charge in [0.15, 0.2) is 10.8 Å². The summed E-state index contributed by atoms with van der Waals surface area (Å²) in [5.74, 6) is 1.18. The van der Waals surface area contributed by atoms with Gasteiger partial charge in [0.2, 0.25) is 0 Å².